The Morgan fingerprint density at radius 1 is 0.893 bits per heavy atom. The van der Waals surface area contributed by atoms with E-state index in [1.165, 1.54) is 0 Å². The third kappa shape index (κ3) is 3.49. The number of hydrogen-bond acceptors (Lipinski definition) is 4. The lowest BCUT2D eigenvalue weighted by Gasteiger charge is -2.03. The van der Waals surface area contributed by atoms with Gasteiger partial charge in [-0.25, -0.2) is 0 Å². The highest BCUT2D eigenvalue weighted by Gasteiger charge is 2.11. The molecule has 5 N–H and O–H groups in total. The number of amidine groups is 2. The average Bonchev–Trinajstić information content (AvgIpc) is 3.22. The Kier molecular flexibility index (Phi) is 4.39. The molecule has 4 aromatic rings. The summed E-state index contributed by atoms with van der Waals surface area (Å²) in [6.45, 7) is 3.99. The van der Waals surface area contributed by atoms with Gasteiger partial charge in [0.2, 0.25) is 0 Å². The lowest BCUT2D eigenvalue weighted by molar-refractivity contribution is 0.512. The minimum absolute atomic E-state index is 0.0398. The lowest BCUT2D eigenvalue weighted by atomic mass is 10.1. The van der Waals surface area contributed by atoms with Gasteiger partial charge in [0.1, 0.15) is 34.4 Å². The summed E-state index contributed by atoms with van der Waals surface area (Å²) in [6.07, 6.45) is 0.531. The second-order valence-corrected chi connectivity index (χ2v) is 7.13. The number of furan rings is 2. The minimum Gasteiger partial charge on any atom is -0.461 e. The Bertz CT molecular complexity index is 1210. The molecule has 0 bridgehead atoms. The summed E-state index contributed by atoms with van der Waals surface area (Å²) in [5, 5.41) is 9.45. The van der Waals surface area contributed by atoms with Crippen molar-refractivity contribution in [3.8, 4) is 0 Å². The van der Waals surface area contributed by atoms with Crippen molar-refractivity contribution in [3.63, 3.8) is 0 Å². The van der Waals surface area contributed by atoms with Crippen molar-refractivity contribution in [2.45, 2.75) is 26.3 Å². The van der Waals surface area contributed by atoms with Crippen LogP contribution in [0, 0.1) is 5.41 Å². The van der Waals surface area contributed by atoms with E-state index in [9.17, 15) is 0 Å². The molecular weight excluding hydrogens is 352 g/mol. The highest BCUT2D eigenvalue weighted by atomic mass is 16.4. The maximum atomic E-state index is 7.56. The molecule has 0 saturated heterocycles. The van der Waals surface area contributed by atoms with Gasteiger partial charge in [-0.1, -0.05) is 0 Å². The largest absolute Gasteiger partial charge is 0.461 e. The zero-order valence-corrected chi connectivity index (χ0v) is 15.8. The number of nitrogens with two attached hydrogens (primary N) is 2. The van der Waals surface area contributed by atoms with Gasteiger partial charge in [-0.15, -0.1) is 0 Å². The maximum absolute atomic E-state index is 7.56. The lowest BCUT2D eigenvalue weighted by Crippen LogP contribution is -2.15. The van der Waals surface area contributed by atoms with Crippen LogP contribution in [0.25, 0.3) is 21.9 Å². The molecule has 0 fully saturated rings. The molecule has 0 aliphatic carbocycles. The molecule has 2 heterocycles. The van der Waals surface area contributed by atoms with Gasteiger partial charge in [0, 0.05) is 27.9 Å². The van der Waals surface area contributed by atoms with E-state index in [4.69, 9.17) is 25.7 Å². The van der Waals surface area contributed by atoms with E-state index in [0.29, 0.717) is 17.8 Å². The van der Waals surface area contributed by atoms with Crippen molar-refractivity contribution in [2.24, 2.45) is 16.5 Å². The van der Waals surface area contributed by atoms with Crippen molar-refractivity contribution in [2.75, 3.05) is 0 Å². The number of fused-ring (bicyclic) bond motifs is 2. The molecule has 0 atom stereocenters. The molecule has 0 amide bonds. The zero-order chi connectivity index (χ0) is 19.8. The first-order valence-electron chi connectivity index (χ1n) is 9.12. The predicted octanol–water partition coefficient (Wildman–Crippen LogP) is 4.17. The first-order chi connectivity index (χ1) is 13.4. The smallest absolute Gasteiger partial charge is 0.134 e. The quantitative estimate of drug-likeness (QED) is 0.359. The fourth-order valence-corrected chi connectivity index (χ4v) is 3.22. The maximum Gasteiger partial charge on any atom is 0.134 e. The molecule has 0 unspecified atom stereocenters. The summed E-state index contributed by atoms with van der Waals surface area (Å²) in [5.74, 6) is 2.16. The fraction of sp³-hybridized carbons (Fsp3) is 0.182. The topological polar surface area (TPSA) is 115 Å². The molecule has 4 rings (SSSR count). The van der Waals surface area contributed by atoms with Crippen LogP contribution in [0.15, 0.2) is 62.4 Å². The number of nitrogen functional groups attached to an aromatic ring is 1. The van der Waals surface area contributed by atoms with E-state index in [2.05, 4.69) is 4.99 Å². The van der Waals surface area contributed by atoms with E-state index in [0.717, 1.165) is 39.0 Å². The zero-order valence-electron chi connectivity index (χ0n) is 15.8. The molecule has 0 spiro atoms. The van der Waals surface area contributed by atoms with Gasteiger partial charge < -0.3 is 20.3 Å². The number of benzene rings is 2. The molecule has 0 aliphatic rings. The van der Waals surface area contributed by atoms with Crippen LogP contribution >= 0.6 is 0 Å². The van der Waals surface area contributed by atoms with Crippen molar-refractivity contribution < 1.29 is 8.83 Å². The molecule has 0 saturated carbocycles. The van der Waals surface area contributed by atoms with E-state index in [1.807, 2.05) is 56.3 Å². The van der Waals surface area contributed by atoms with Crippen LogP contribution in [0.3, 0.4) is 0 Å². The highest BCUT2D eigenvalue weighted by molar-refractivity contribution is 6.00. The summed E-state index contributed by atoms with van der Waals surface area (Å²) >= 11 is 0. The molecule has 6 nitrogen and oxygen atoms in total. The van der Waals surface area contributed by atoms with Crippen LogP contribution in [0.4, 0.5) is 0 Å². The first kappa shape index (κ1) is 17.9. The SMILES string of the molecule is CC(C)N=C(N)c1ccc2oc(Cc3cc4cc(C(=N)N)ccc4o3)cc2c1. The number of aliphatic imine (C=N–C) groups is 1. The van der Waals surface area contributed by atoms with E-state index in [1.54, 1.807) is 6.07 Å². The Hall–Kier alpha value is -3.54. The van der Waals surface area contributed by atoms with Crippen molar-refractivity contribution in [1.29, 1.82) is 5.41 Å². The van der Waals surface area contributed by atoms with E-state index >= 15 is 0 Å². The van der Waals surface area contributed by atoms with Gasteiger partial charge in [0.15, 0.2) is 0 Å². The summed E-state index contributed by atoms with van der Waals surface area (Å²) in [7, 11) is 0. The molecule has 2 aromatic heterocycles. The third-order valence-electron chi connectivity index (χ3n) is 4.49. The van der Waals surface area contributed by atoms with Gasteiger partial charge in [-0.3, -0.25) is 10.4 Å². The van der Waals surface area contributed by atoms with Crippen LogP contribution < -0.4 is 11.5 Å². The molecule has 0 aliphatic heterocycles. The third-order valence-corrected chi connectivity index (χ3v) is 4.49. The Balaban J connectivity index is 1.63. The number of nitrogens with zero attached hydrogens (tertiary/aromatic N) is 1. The monoisotopic (exact) mass is 374 g/mol. The van der Waals surface area contributed by atoms with E-state index < -0.39 is 0 Å². The molecule has 2 aromatic carbocycles. The second-order valence-electron chi connectivity index (χ2n) is 7.13. The van der Waals surface area contributed by atoms with Crippen LogP contribution in [0.5, 0.6) is 0 Å². The summed E-state index contributed by atoms with van der Waals surface area (Å²) in [6, 6.07) is 15.4. The van der Waals surface area contributed by atoms with Crippen LogP contribution in [0.1, 0.15) is 36.5 Å². The van der Waals surface area contributed by atoms with Gasteiger partial charge in [-0.2, -0.15) is 0 Å². The van der Waals surface area contributed by atoms with Crippen molar-refractivity contribution >= 4 is 33.6 Å². The Labute approximate surface area is 162 Å². The number of hydrogen-bond donors (Lipinski definition) is 3. The molecule has 0 radical (unpaired) electrons. The first-order valence-corrected chi connectivity index (χ1v) is 9.12. The van der Waals surface area contributed by atoms with Crippen LogP contribution in [0.2, 0.25) is 0 Å². The second kappa shape index (κ2) is 6.88. The predicted molar refractivity (Wildman–Crippen MR) is 112 cm³/mol. The standard InChI is InChI=1S/C22H22N4O2/c1-12(2)26-22(25)14-4-6-20-16(8-14)10-18(28-20)11-17-9-15-7-13(21(23)24)3-5-19(15)27-17/h3-10,12H,11H2,1-2H3,(H3,23,24)(H2,25,26). The molecule has 6 heteroatoms. The van der Waals surface area contributed by atoms with Crippen molar-refractivity contribution in [3.05, 3.63) is 71.2 Å². The van der Waals surface area contributed by atoms with Gasteiger partial charge in [-0.05, 0) is 62.4 Å². The number of rotatable bonds is 5. The normalized spacial score (nSPS) is 12.3. The molecule has 142 valence electrons. The summed E-state index contributed by atoms with van der Waals surface area (Å²) in [4.78, 5) is 4.40. The average molecular weight is 374 g/mol. The minimum atomic E-state index is 0.0398. The van der Waals surface area contributed by atoms with Gasteiger partial charge in [0.05, 0.1) is 6.42 Å². The number of nitrogens with one attached hydrogen (secondary N) is 1. The highest BCUT2D eigenvalue weighted by Crippen LogP contribution is 2.26. The molecular formula is C22H22N4O2. The summed E-state index contributed by atoms with van der Waals surface area (Å²) < 4.78 is 11.8. The van der Waals surface area contributed by atoms with Crippen molar-refractivity contribution in [1.82, 2.24) is 0 Å². The fourth-order valence-electron chi connectivity index (χ4n) is 3.22. The summed E-state index contributed by atoms with van der Waals surface area (Å²) in [5.41, 5.74) is 14.8. The van der Waals surface area contributed by atoms with Gasteiger partial charge in [0.25, 0.3) is 0 Å². The Morgan fingerprint density at radius 2 is 1.43 bits per heavy atom. The van der Waals surface area contributed by atoms with Crippen LogP contribution in [-0.4, -0.2) is 17.7 Å². The van der Waals surface area contributed by atoms with Gasteiger partial charge >= 0.3 is 0 Å². The molecule has 28 heavy (non-hydrogen) atoms. The Morgan fingerprint density at radius 3 is 1.96 bits per heavy atom. The van der Waals surface area contributed by atoms with Crippen LogP contribution in [-0.2, 0) is 6.42 Å². The van der Waals surface area contributed by atoms with E-state index in [-0.39, 0.29) is 11.9 Å².